The van der Waals surface area contributed by atoms with Gasteiger partial charge in [0.15, 0.2) is 5.16 Å². The quantitative estimate of drug-likeness (QED) is 0.278. The topological polar surface area (TPSA) is 70.4 Å². The van der Waals surface area contributed by atoms with Crippen molar-refractivity contribution in [1.82, 2.24) is 9.55 Å². The zero-order valence-corrected chi connectivity index (χ0v) is 19.3. The van der Waals surface area contributed by atoms with E-state index in [1.807, 2.05) is 0 Å². The lowest BCUT2D eigenvalue weighted by Gasteiger charge is -2.16. The van der Waals surface area contributed by atoms with Gasteiger partial charge < -0.3 is 9.47 Å². The summed E-state index contributed by atoms with van der Waals surface area (Å²) in [5.41, 5.74) is 0.439. The summed E-state index contributed by atoms with van der Waals surface area (Å²) in [6, 6.07) is 3.28. The predicted octanol–water partition coefficient (Wildman–Crippen LogP) is 4.69. The van der Waals surface area contributed by atoms with Crippen LogP contribution < -0.4 is 5.56 Å². The van der Waals surface area contributed by atoms with Crippen molar-refractivity contribution in [3.8, 4) is 0 Å². The zero-order valence-electron chi connectivity index (χ0n) is 17.7. The minimum absolute atomic E-state index is 0.0994. The summed E-state index contributed by atoms with van der Waals surface area (Å²) in [5.74, 6) is -1.45. The van der Waals surface area contributed by atoms with Crippen molar-refractivity contribution in [3.05, 3.63) is 56.2 Å². The van der Waals surface area contributed by atoms with Crippen molar-refractivity contribution in [2.75, 3.05) is 13.2 Å². The maximum Gasteiger partial charge on any atom is 0.348 e. The first-order chi connectivity index (χ1) is 15.4. The molecule has 170 valence electrons. The highest BCUT2D eigenvalue weighted by molar-refractivity contribution is 7.98. The average Bonchev–Trinajstić information content (AvgIpc) is 3.39. The number of rotatable bonds is 7. The third-order valence-corrected chi connectivity index (χ3v) is 7.44. The van der Waals surface area contributed by atoms with E-state index in [1.165, 1.54) is 4.57 Å². The summed E-state index contributed by atoms with van der Waals surface area (Å²) in [6.45, 7) is 4.59. The molecule has 2 aromatic heterocycles. The second-order valence-corrected chi connectivity index (χ2v) is 9.37. The van der Waals surface area contributed by atoms with Crippen LogP contribution in [0.4, 0.5) is 8.78 Å². The SMILES string of the molecule is CCOC(=O)c1sc2nc(SCc3cc(F)ccc3F)n(C[C@@H]3CCCO3)c(=O)c2c1C. The minimum Gasteiger partial charge on any atom is -0.462 e. The van der Waals surface area contributed by atoms with Gasteiger partial charge in [-0.05, 0) is 50.5 Å². The summed E-state index contributed by atoms with van der Waals surface area (Å²) in [5, 5.41) is 0.746. The molecule has 0 spiro atoms. The predicted molar refractivity (Wildman–Crippen MR) is 119 cm³/mol. The highest BCUT2D eigenvalue weighted by atomic mass is 32.2. The molecule has 0 aliphatic carbocycles. The Bertz CT molecular complexity index is 1220. The van der Waals surface area contributed by atoms with E-state index >= 15 is 0 Å². The van der Waals surface area contributed by atoms with Crippen LogP contribution >= 0.6 is 23.1 Å². The van der Waals surface area contributed by atoms with Crippen molar-refractivity contribution in [3.63, 3.8) is 0 Å². The smallest absolute Gasteiger partial charge is 0.348 e. The largest absolute Gasteiger partial charge is 0.462 e. The van der Waals surface area contributed by atoms with E-state index in [1.54, 1.807) is 13.8 Å². The molecule has 1 atom stereocenters. The summed E-state index contributed by atoms with van der Waals surface area (Å²) in [7, 11) is 0. The molecule has 1 saturated heterocycles. The molecule has 32 heavy (non-hydrogen) atoms. The number of carbonyl (C=O) groups is 1. The normalized spacial score (nSPS) is 16.1. The number of nitrogens with zero attached hydrogens (tertiary/aromatic N) is 2. The molecule has 0 amide bonds. The third-order valence-electron chi connectivity index (χ3n) is 5.25. The van der Waals surface area contributed by atoms with Crippen LogP contribution in [0.1, 0.15) is 40.6 Å². The van der Waals surface area contributed by atoms with Crippen molar-refractivity contribution in [2.45, 2.75) is 50.2 Å². The molecular weight excluding hydrogens is 458 g/mol. The fourth-order valence-electron chi connectivity index (χ4n) is 3.65. The first-order valence-electron chi connectivity index (χ1n) is 10.3. The van der Waals surface area contributed by atoms with Crippen molar-refractivity contribution in [2.24, 2.45) is 0 Å². The number of aromatic nitrogens is 2. The summed E-state index contributed by atoms with van der Waals surface area (Å²) in [6.07, 6.45) is 1.61. The van der Waals surface area contributed by atoms with Crippen LogP contribution in [-0.2, 0) is 21.8 Å². The molecule has 0 radical (unpaired) electrons. The van der Waals surface area contributed by atoms with E-state index < -0.39 is 17.6 Å². The van der Waals surface area contributed by atoms with Gasteiger partial charge in [0, 0.05) is 17.9 Å². The number of carbonyl (C=O) groups excluding carboxylic acids is 1. The second-order valence-electron chi connectivity index (χ2n) is 7.43. The Labute approximate surface area is 191 Å². The van der Waals surface area contributed by atoms with E-state index in [-0.39, 0.29) is 29.6 Å². The number of hydrogen-bond acceptors (Lipinski definition) is 7. The van der Waals surface area contributed by atoms with Gasteiger partial charge >= 0.3 is 5.97 Å². The first-order valence-corrected chi connectivity index (χ1v) is 12.1. The number of hydrogen-bond donors (Lipinski definition) is 0. The summed E-state index contributed by atoms with van der Waals surface area (Å²) < 4.78 is 40.0. The number of esters is 1. The summed E-state index contributed by atoms with van der Waals surface area (Å²) >= 11 is 2.25. The van der Waals surface area contributed by atoms with Crippen LogP contribution in [0.3, 0.4) is 0 Å². The van der Waals surface area contributed by atoms with Gasteiger partial charge in [0.05, 0.1) is 24.6 Å². The maximum absolute atomic E-state index is 14.1. The van der Waals surface area contributed by atoms with Crippen LogP contribution in [0.25, 0.3) is 10.2 Å². The number of thiophene rings is 1. The van der Waals surface area contributed by atoms with Crippen molar-refractivity contribution < 1.29 is 23.0 Å². The second kappa shape index (κ2) is 9.68. The molecule has 0 bridgehead atoms. The molecule has 4 rings (SSSR count). The molecule has 3 heterocycles. The Hall–Kier alpha value is -2.30. The molecule has 1 aromatic carbocycles. The fourth-order valence-corrected chi connectivity index (χ4v) is 5.75. The van der Waals surface area contributed by atoms with Crippen LogP contribution in [0.2, 0.25) is 0 Å². The van der Waals surface area contributed by atoms with Crippen molar-refractivity contribution >= 4 is 39.3 Å². The average molecular weight is 481 g/mol. The van der Waals surface area contributed by atoms with Crippen LogP contribution in [0.5, 0.6) is 0 Å². The van der Waals surface area contributed by atoms with Crippen LogP contribution in [0.15, 0.2) is 28.2 Å². The van der Waals surface area contributed by atoms with Crippen molar-refractivity contribution in [1.29, 1.82) is 0 Å². The van der Waals surface area contributed by atoms with E-state index in [4.69, 9.17) is 9.47 Å². The number of ether oxygens (including phenoxy) is 2. The lowest BCUT2D eigenvalue weighted by molar-refractivity contribution is 0.0531. The Morgan fingerprint density at radius 3 is 2.94 bits per heavy atom. The molecule has 1 aliphatic heterocycles. The Morgan fingerprint density at radius 2 is 2.22 bits per heavy atom. The van der Waals surface area contributed by atoms with Gasteiger partial charge in [-0.15, -0.1) is 11.3 Å². The molecule has 0 saturated carbocycles. The maximum atomic E-state index is 14.1. The summed E-state index contributed by atoms with van der Waals surface area (Å²) in [4.78, 5) is 31.2. The highest BCUT2D eigenvalue weighted by Crippen LogP contribution is 2.31. The Morgan fingerprint density at radius 1 is 1.41 bits per heavy atom. The number of fused-ring (bicyclic) bond motifs is 1. The van der Waals surface area contributed by atoms with Gasteiger partial charge in [-0.25, -0.2) is 18.6 Å². The zero-order chi connectivity index (χ0) is 22.8. The molecule has 6 nitrogen and oxygen atoms in total. The van der Waals surface area contributed by atoms with Crippen LogP contribution in [-0.4, -0.2) is 34.8 Å². The van der Waals surface area contributed by atoms with Gasteiger partial charge in [0.25, 0.3) is 5.56 Å². The van der Waals surface area contributed by atoms with E-state index in [9.17, 15) is 18.4 Å². The molecule has 10 heteroatoms. The molecule has 1 aliphatic rings. The van der Waals surface area contributed by atoms with Gasteiger partial charge in [0.1, 0.15) is 21.3 Å². The Balaban J connectivity index is 1.77. The molecule has 1 fully saturated rings. The van der Waals surface area contributed by atoms with E-state index in [2.05, 4.69) is 4.98 Å². The number of benzene rings is 1. The molecule has 0 N–H and O–H groups in total. The molecule has 3 aromatic rings. The third kappa shape index (κ3) is 4.57. The van der Waals surface area contributed by atoms with Crippen LogP contribution in [0, 0.1) is 18.6 Å². The monoisotopic (exact) mass is 480 g/mol. The lowest BCUT2D eigenvalue weighted by atomic mass is 10.2. The minimum atomic E-state index is -0.532. The lowest BCUT2D eigenvalue weighted by Crippen LogP contribution is -2.28. The number of halogens is 2. The Kier molecular flexibility index (Phi) is 6.92. The van der Waals surface area contributed by atoms with Gasteiger partial charge in [-0.2, -0.15) is 0 Å². The standard InChI is InChI=1S/C22H22F2N2O4S2/c1-3-29-21(28)18-12(2)17-19(32-18)25-22(26(20(17)27)10-15-5-4-8-30-15)31-11-13-9-14(23)6-7-16(13)24/h6-7,9,15H,3-5,8,10-11H2,1-2H3/t15-/m0/s1. The fraction of sp³-hybridized carbons (Fsp3) is 0.409. The van der Waals surface area contributed by atoms with Gasteiger partial charge in [-0.1, -0.05) is 11.8 Å². The van der Waals surface area contributed by atoms with E-state index in [0.29, 0.717) is 39.0 Å². The number of aryl methyl sites for hydroxylation is 1. The number of thioether (sulfide) groups is 1. The molecular formula is C22H22F2N2O4S2. The van der Waals surface area contributed by atoms with E-state index in [0.717, 1.165) is 54.1 Å². The first kappa shape index (κ1) is 22.9. The van der Waals surface area contributed by atoms with Gasteiger partial charge in [0.2, 0.25) is 0 Å². The highest BCUT2D eigenvalue weighted by Gasteiger charge is 2.25. The molecule has 0 unspecified atom stereocenters. The van der Waals surface area contributed by atoms with Gasteiger partial charge in [-0.3, -0.25) is 9.36 Å².